The van der Waals surface area contributed by atoms with Crippen LogP contribution in [0.4, 0.5) is 5.95 Å². The van der Waals surface area contributed by atoms with Crippen LogP contribution in [0.5, 0.6) is 0 Å². The molecular formula is C22H31N5O. The van der Waals surface area contributed by atoms with Gasteiger partial charge in [-0.25, -0.2) is 9.97 Å². The molecule has 150 valence electrons. The van der Waals surface area contributed by atoms with Gasteiger partial charge in [0, 0.05) is 44.6 Å². The maximum Gasteiger partial charge on any atom is 0.236 e. The van der Waals surface area contributed by atoms with Crippen LogP contribution in [0.15, 0.2) is 42.7 Å². The summed E-state index contributed by atoms with van der Waals surface area (Å²) < 4.78 is 0. The first-order valence-corrected chi connectivity index (χ1v) is 10.2. The molecule has 6 heteroatoms. The molecule has 0 bridgehead atoms. The van der Waals surface area contributed by atoms with Crippen molar-refractivity contribution in [3.05, 3.63) is 53.9 Å². The van der Waals surface area contributed by atoms with Crippen LogP contribution in [0.3, 0.4) is 0 Å². The average molecular weight is 382 g/mol. The zero-order chi connectivity index (χ0) is 19.9. The lowest BCUT2D eigenvalue weighted by atomic mass is 9.95. The van der Waals surface area contributed by atoms with Crippen LogP contribution >= 0.6 is 0 Å². The van der Waals surface area contributed by atoms with Crippen molar-refractivity contribution in [1.82, 2.24) is 20.2 Å². The summed E-state index contributed by atoms with van der Waals surface area (Å²) in [6.45, 7) is 9.84. The van der Waals surface area contributed by atoms with Crippen molar-refractivity contribution in [2.24, 2.45) is 5.92 Å². The Labute approximate surface area is 168 Å². The summed E-state index contributed by atoms with van der Waals surface area (Å²) in [7, 11) is 0. The SMILES string of the molecule is CCc1ccc([C@H](NCC(=O)N2CCN(c3ncccn3)CC2)C(C)C)cc1. The standard InChI is InChI=1S/C22H31N5O/c1-4-18-6-8-19(9-7-18)21(17(2)3)25-16-20(28)26-12-14-27(15-13-26)22-23-10-5-11-24-22/h5-11,17,21,25H,4,12-16H2,1-3H3/t21-/m1/s1. The molecule has 0 saturated carbocycles. The van der Waals surface area contributed by atoms with Crippen LogP contribution in [0, 0.1) is 5.92 Å². The van der Waals surface area contributed by atoms with Gasteiger partial charge in [0.25, 0.3) is 0 Å². The van der Waals surface area contributed by atoms with Crippen molar-refractivity contribution in [2.45, 2.75) is 33.2 Å². The zero-order valence-corrected chi connectivity index (χ0v) is 17.1. The largest absolute Gasteiger partial charge is 0.338 e. The van der Waals surface area contributed by atoms with Crippen molar-refractivity contribution in [3.63, 3.8) is 0 Å². The van der Waals surface area contributed by atoms with Crippen LogP contribution in [0.25, 0.3) is 0 Å². The fraction of sp³-hybridized carbons (Fsp3) is 0.500. The monoisotopic (exact) mass is 381 g/mol. The predicted octanol–water partition coefficient (Wildman–Crippen LogP) is 2.67. The molecule has 1 aromatic carbocycles. The first-order valence-electron chi connectivity index (χ1n) is 10.2. The lowest BCUT2D eigenvalue weighted by molar-refractivity contribution is -0.130. The van der Waals surface area contributed by atoms with E-state index in [0.29, 0.717) is 25.6 Å². The molecule has 1 atom stereocenters. The van der Waals surface area contributed by atoms with Gasteiger partial charge in [0.2, 0.25) is 11.9 Å². The number of piperazine rings is 1. The summed E-state index contributed by atoms with van der Waals surface area (Å²) in [6, 6.07) is 10.7. The number of nitrogens with one attached hydrogen (secondary N) is 1. The second-order valence-corrected chi connectivity index (χ2v) is 7.61. The number of hydrogen-bond donors (Lipinski definition) is 1. The van der Waals surface area contributed by atoms with Gasteiger partial charge >= 0.3 is 0 Å². The van der Waals surface area contributed by atoms with E-state index in [2.05, 4.69) is 65.2 Å². The van der Waals surface area contributed by atoms with E-state index in [1.165, 1.54) is 11.1 Å². The van der Waals surface area contributed by atoms with Gasteiger partial charge in [-0.1, -0.05) is 45.0 Å². The molecule has 0 aliphatic carbocycles. The molecular weight excluding hydrogens is 350 g/mol. The van der Waals surface area contributed by atoms with E-state index in [-0.39, 0.29) is 11.9 Å². The summed E-state index contributed by atoms with van der Waals surface area (Å²) >= 11 is 0. The number of anilines is 1. The molecule has 0 unspecified atom stereocenters. The van der Waals surface area contributed by atoms with Crippen molar-refractivity contribution >= 4 is 11.9 Å². The van der Waals surface area contributed by atoms with Gasteiger partial charge in [-0.15, -0.1) is 0 Å². The molecule has 1 aromatic heterocycles. The lowest BCUT2D eigenvalue weighted by Crippen LogP contribution is -2.51. The third-order valence-electron chi connectivity index (χ3n) is 5.35. The Hall–Kier alpha value is -2.47. The minimum atomic E-state index is 0.157. The van der Waals surface area contributed by atoms with E-state index in [9.17, 15) is 4.79 Å². The van der Waals surface area contributed by atoms with E-state index < -0.39 is 0 Å². The molecule has 6 nitrogen and oxygen atoms in total. The Morgan fingerprint density at radius 2 is 1.71 bits per heavy atom. The Balaban J connectivity index is 1.52. The fourth-order valence-electron chi connectivity index (χ4n) is 3.62. The topological polar surface area (TPSA) is 61.4 Å². The number of carbonyl (C=O) groups is 1. The molecule has 1 saturated heterocycles. The quantitative estimate of drug-likeness (QED) is 0.799. The molecule has 0 spiro atoms. The van der Waals surface area contributed by atoms with E-state index in [1.807, 2.05) is 11.0 Å². The highest BCUT2D eigenvalue weighted by Gasteiger charge is 2.23. The zero-order valence-electron chi connectivity index (χ0n) is 17.1. The van der Waals surface area contributed by atoms with Crippen molar-refractivity contribution in [1.29, 1.82) is 0 Å². The summed E-state index contributed by atoms with van der Waals surface area (Å²) in [6.07, 6.45) is 4.55. The van der Waals surface area contributed by atoms with E-state index in [1.54, 1.807) is 12.4 Å². The van der Waals surface area contributed by atoms with Crippen molar-refractivity contribution in [2.75, 3.05) is 37.6 Å². The van der Waals surface area contributed by atoms with Gasteiger partial charge in [0.15, 0.2) is 0 Å². The minimum Gasteiger partial charge on any atom is -0.338 e. The van der Waals surface area contributed by atoms with E-state index >= 15 is 0 Å². The number of nitrogens with zero attached hydrogens (tertiary/aromatic N) is 4. The molecule has 2 heterocycles. The Morgan fingerprint density at radius 3 is 2.29 bits per heavy atom. The number of rotatable bonds is 7. The Bertz CT molecular complexity index is 739. The molecule has 1 amide bonds. The number of amides is 1. The summed E-state index contributed by atoms with van der Waals surface area (Å²) in [5, 5.41) is 3.48. The van der Waals surface area contributed by atoms with Crippen LogP contribution in [-0.4, -0.2) is 53.5 Å². The number of aromatic nitrogens is 2. The summed E-state index contributed by atoms with van der Waals surface area (Å²) in [5.74, 6) is 1.31. The summed E-state index contributed by atoms with van der Waals surface area (Å²) in [4.78, 5) is 25.4. The van der Waals surface area contributed by atoms with E-state index in [0.717, 1.165) is 25.5 Å². The third kappa shape index (κ3) is 5.07. The maximum atomic E-state index is 12.7. The third-order valence-corrected chi connectivity index (χ3v) is 5.35. The highest BCUT2D eigenvalue weighted by Crippen LogP contribution is 2.22. The van der Waals surface area contributed by atoms with Gasteiger partial charge < -0.3 is 15.1 Å². The van der Waals surface area contributed by atoms with Gasteiger partial charge in [-0.3, -0.25) is 4.79 Å². The number of carbonyl (C=O) groups excluding carboxylic acids is 1. The molecule has 28 heavy (non-hydrogen) atoms. The fourth-order valence-corrected chi connectivity index (χ4v) is 3.62. The molecule has 0 radical (unpaired) electrons. The van der Waals surface area contributed by atoms with Crippen LogP contribution in [-0.2, 0) is 11.2 Å². The number of aryl methyl sites for hydroxylation is 1. The van der Waals surface area contributed by atoms with Crippen LogP contribution < -0.4 is 10.2 Å². The number of hydrogen-bond acceptors (Lipinski definition) is 5. The number of benzene rings is 1. The normalized spacial score (nSPS) is 15.7. The van der Waals surface area contributed by atoms with Gasteiger partial charge in [0.05, 0.1) is 6.54 Å². The molecule has 2 aromatic rings. The predicted molar refractivity (Wildman–Crippen MR) is 112 cm³/mol. The molecule has 1 N–H and O–H groups in total. The highest BCUT2D eigenvalue weighted by atomic mass is 16.2. The second-order valence-electron chi connectivity index (χ2n) is 7.61. The van der Waals surface area contributed by atoms with Gasteiger partial charge in [-0.05, 0) is 29.5 Å². The molecule has 3 rings (SSSR count). The first-order chi connectivity index (χ1) is 13.6. The smallest absolute Gasteiger partial charge is 0.236 e. The highest BCUT2D eigenvalue weighted by molar-refractivity contribution is 5.78. The first kappa shape index (κ1) is 20.3. The Morgan fingerprint density at radius 1 is 1.07 bits per heavy atom. The van der Waals surface area contributed by atoms with Crippen LogP contribution in [0.2, 0.25) is 0 Å². The average Bonchev–Trinajstić information content (AvgIpc) is 2.74. The molecule has 1 fully saturated rings. The van der Waals surface area contributed by atoms with Crippen molar-refractivity contribution in [3.8, 4) is 0 Å². The maximum absolute atomic E-state index is 12.7. The van der Waals surface area contributed by atoms with Crippen LogP contribution in [0.1, 0.15) is 37.9 Å². The molecule has 1 aliphatic rings. The second kappa shape index (κ2) is 9.64. The minimum absolute atomic E-state index is 0.157. The summed E-state index contributed by atoms with van der Waals surface area (Å²) in [5.41, 5.74) is 2.58. The molecule has 1 aliphatic heterocycles. The van der Waals surface area contributed by atoms with Gasteiger partial charge in [0.1, 0.15) is 0 Å². The Kier molecular flexibility index (Phi) is 6.98. The lowest BCUT2D eigenvalue weighted by Gasteiger charge is -2.35. The van der Waals surface area contributed by atoms with Gasteiger partial charge in [-0.2, -0.15) is 0 Å². The van der Waals surface area contributed by atoms with Crippen molar-refractivity contribution < 1.29 is 4.79 Å². The van der Waals surface area contributed by atoms with E-state index in [4.69, 9.17) is 0 Å².